The van der Waals surface area contributed by atoms with Crippen molar-refractivity contribution in [1.29, 1.82) is 0 Å². The quantitative estimate of drug-likeness (QED) is 0.886. The number of anilines is 1. The lowest BCUT2D eigenvalue weighted by molar-refractivity contribution is -0.127. The molecule has 1 unspecified atom stereocenters. The zero-order valence-electron chi connectivity index (χ0n) is 11.8. The Morgan fingerprint density at radius 2 is 2.15 bits per heavy atom. The second kappa shape index (κ2) is 6.33. The first-order valence-electron chi connectivity index (χ1n) is 6.89. The second-order valence-electron chi connectivity index (χ2n) is 5.82. The molecule has 0 aliphatic carbocycles. The predicted molar refractivity (Wildman–Crippen MR) is 84.5 cm³/mol. The van der Waals surface area contributed by atoms with Crippen LogP contribution < -0.4 is 10.6 Å². The maximum Gasteiger partial charge on any atom is 0.230 e. The van der Waals surface area contributed by atoms with Crippen LogP contribution in [-0.2, 0) is 4.79 Å². The van der Waals surface area contributed by atoms with E-state index in [-0.39, 0.29) is 5.91 Å². The fourth-order valence-corrected chi connectivity index (χ4v) is 2.88. The van der Waals surface area contributed by atoms with Gasteiger partial charge < -0.3 is 10.6 Å². The SMILES string of the molecule is CC(C)(C(=O)Nc1cccc(Cl)c1Cl)C1CCCNC1. The number of amides is 1. The molecule has 0 aromatic heterocycles. The van der Waals surface area contributed by atoms with Crippen LogP contribution in [0.15, 0.2) is 18.2 Å². The molecule has 2 N–H and O–H groups in total. The van der Waals surface area contributed by atoms with E-state index >= 15 is 0 Å². The molecular weight excluding hydrogens is 295 g/mol. The lowest BCUT2D eigenvalue weighted by Crippen LogP contribution is -2.44. The van der Waals surface area contributed by atoms with Crippen LogP contribution in [-0.4, -0.2) is 19.0 Å². The van der Waals surface area contributed by atoms with Gasteiger partial charge in [-0.2, -0.15) is 0 Å². The first-order valence-corrected chi connectivity index (χ1v) is 7.64. The van der Waals surface area contributed by atoms with Gasteiger partial charge in [0.2, 0.25) is 5.91 Å². The third kappa shape index (κ3) is 3.27. The fourth-order valence-electron chi connectivity index (χ4n) is 2.54. The van der Waals surface area contributed by atoms with Crippen molar-refractivity contribution in [2.45, 2.75) is 26.7 Å². The summed E-state index contributed by atoms with van der Waals surface area (Å²) in [6.45, 7) is 5.88. The smallest absolute Gasteiger partial charge is 0.230 e. The van der Waals surface area contributed by atoms with Crippen LogP contribution in [0.1, 0.15) is 26.7 Å². The van der Waals surface area contributed by atoms with Gasteiger partial charge in [0.05, 0.1) is 15.7 Å². The first kappa shape index (κ1) is 15.6. The normalized spacial score (nSPS) is 19.7. The fraction of sp³-hybridized carbons (Fsp3) is 0.533. The van der Waals surface area contributed by atoms with Crippen molar-refractivity contribution in [1.82, 2.24) is 5.32 Å². The van der Waals surface area contributed by atoms with Crippen molar-refractivity contribution < 1.29 is 4.79 Å². The Morgan fingerprint density at radius 3 is 2.80 bits per heavy atom. The molecule has 1 aliphatic heterocycles. The molecule has 1 aliphatic rings. The van der Waals surface area contributed by atoms with Gasteiger partial charge in [-0.05, 0) is 44.0 Å². The Kier molecular flexibility index (Phi) is 4.95. The van der Waals surface area contributed by atoms with Crippen LogP contribution in [0.2, 0.25) is 10.0 Å². The molecule has 1 amide bonds. The van der Waals surface area contributed by atoms with Crippen molar-refractivity contribution in [3.05, 3.63) is 28.2 Å². The molecule has 1 fully saturated rings. The lowest BCUT2D eigenvalue weighted by Gasteiger charge is -2.36. The van der Waals surface area contributed by atoms with Gasteiger partial charge in [0, 0.05) is 5.41 Å². The molecule has 20 heavy (non-hydrogen) atoms. The largest absolute Gasteiger partial charge is 0.324 e. The molecule has 1 saturated heterocycles. The topological polar surface area (TPSA) is 41.1 Å². The van der Waals surface area contributed by atoms with E-state index in [0.29, 0.717) is 21.7 Å². The average Bonchev–Trinajstić information content (AvgIpc) is 2.44. The molecule has 0 bridgehead atoms. The Labute approximate surface area is 130 Å². The Morgan fingerprint density at radius 1 is 1.40 bits per heavy atom. The minimum absolute atomic E-state index is 0.0182. The van der Waals surface area contributed by atoms with E-state index in [1.807, 2.05) is 13.8 Å². The summed E-state index contributed by atoms with van der Waals surface area (Å²) < 4.78 is 0. The summed E-state index contributed by atoms with van der Waals surface area (Å²) in [6, 6.07) is 5.25. The van der Waals surface area contributed by atoms with E-state index in [4.69, 9.17) is 23.2 Å². The Bertz CT molecular complexity index is 497. The van der Waals surface area contributed by atoms with Crippen LogP contribution >= 0.6 is 23.2 Å². The van der Waals surface area contributed by atoms with E-state index < -0.39 is 5.41 Å². The predicted octanol–water partition coefficient (Wildman–Crippen LogP) is 3.96. The third-order valence-electron chi connectivity index (χ3n) is 4.10. The van der Waals surface area contributed by atoms with Crippen molar-refractivity contribution in [3.63, 3.8) is 0 Å². The van der Waals surface area contributed by atoms with Crippen LogP contribution in [0.25, 0.3) is 0 Å². The van der Waals surface area contributed by atoms with E-state index in [1.165, 1.54) is 0 Å². The molecule has 1 heterocycles. The van der Waals surface area contributed by atoms with Crippen LogP contribution in [0.3, 0.4) is 0 Å². The maximum absolute atomic E-state index is 12.6. The van der Waals surface area contributed by atoms with Gasteiger partial charge in [-0.15, -0.1) is 0 Å². The third-order valence-corrected chi connectivity index (χ3v) is 4.92. The minimum atomic E-state index is -0.445. The summed E-state index contributed by atoms with van der Waals surface area (Å²) in [4.78, 5) is 12.6. The molecule has 0 radical (unpaired) electrons. The summed E-state index contributed by atoms with van der Waals surface area (Å²) >= 11 is 12.1. The van der Waals surface area contributed by atoms with Gasteiger partial charge in [-0.25, -0.2) is 0 Å². The second-order valence-corrected chi connectivity index (χ2v) is 6.61. The van der Waals surface area contributed by atoms with Crippen molar-refractivity contribution in [3.8, 4) is 0 Å². The zero-order chi connectivity index (χ0) is 14.8. The molecule has 3 nitrogen and oxygen atoms in total. The summed E-state index contributed by atoms with van der Waals surface area (Å²) in [6.07, 6.45) is 2.18. The summed E-state index contributed by atoms with van der Waals surface area (Å²) in [7, 11) is 0. The van der Waals surface area contributed by atoms with Gasteiger partial charge >= 0.3 is 0 Å². The number of rotatable bonds is 3. The van der Waals surface area contributed by atoms with Gasteiger partial charge in [0.1, 0.15) is 0 Å². The average molecular weight is 315 g/mol. The monoisotopic (exact) mass is 314 g/mol. The number of carbonyl (C=O) groups excluding carboxylic acids is 1. The molecule has 5 heteroatoms. The standard InChI is InChI=1S/C15H20Cl2N2O/c1-15(2,10-5-4-8-18-9-10)14(20)19-12-7-3-6-11(16)13(12)17/h3,6-7,10,18H,4-5,8-9H2,1-2H3,(H,19,20). The Balaban J connectivity index is 2.12. The molecular formula is C15H20Cl2N2O. The number of halogens is 2. The molecule has 1 aromatic rings. The van der Waals surface area contributed by atoms with E-state index in [0.717, 1.165) is 25.9 Å². The van der Waals surface area contributed by atoms with Crippen molar-refractivity contribution in [2.24, 2.45) is 11.3 Å². The molecule has 0 saturated carbocycles. The summed E-state index contributed by atoms with van der Waals surface area (Å²) in [5.74, 6) is 0.310. The zero-order valence-corrected chi connectivity index (χ0v) is 13.3. The highest BCUT2D eigenvalue weighted by atomic mass is 35.5. The summed E-state index contributed by atoms with van der Waals surface area (Å²) in [5, 5.41) is 7.09. The number of benzene rings is 1. The molecule has 110 valence electrons. The van der Waals surface area contributed by atoms with Crippen LogP contribution in [0.4, 0.5) is 5.69 Å². The number of carbonyl (C=O) groups is 1. The number of nitrogens with one attached hydrogen (secondary N) is 2. The minimum Gasteiger partial charge on any atom is -0.324 e. The van der Waals surface area contributed by atoms with Crippen LogP contribution in [0, 0.1) is 11.3 Å². The highest BCUT2D eigenvalue weighted by Crippen LogP contribution is 2.35. The van der Waals surface area contributed by atoms with E-state index in [1.54, 1.807) is 18.2 Å². The molecule has 0 spiro atoms. The van der Waals surface area contributed by atoms with Gasteiger partial charge in [0.25, 0.3) is 0 Å². The summed E-state index contributed by atoms with van der Waals surface area (Å²) in [5.41, 5.74) is 0.125. The molecule has 1 atom stereocenters. The van der Waals surface area contributed by atoms with Crippen LogP contribution in [0.5, 0.6) is 0 Å². The van der Waals surface area contributed by atoms with Gasteiger partial charge in [0.15, 0.2) is 0 Å². The molecule has 1 aromatic carbocycles. The highest BCUT2D eigenvalue weighted by Gasteiger charge is 2.37. The van der Waals surface area contributed by atoms with Gasteiger partial charge in [-0.3, -0.25) is 4.79 Å². The van der Waals surface area contributed by atoms with Gasteiger partial charge in [-0.1, -0.05) is 43.1 Å². The number of hydrogen-bond donors (Lipinski definition) is 2. The first-order chi connectivity index (χ1) is 9.43. The van der Waals surface area contributed by atoms with E-state index in [9.17, 15) is 4.79 Å². The van der Waals surface area contributed by atoms with Crippen molar-refractivity contribution >= 4 is 34.8 Å². The maximum atomic E-state index is 12.6. The highest BCUT2D eigenvalue weighted by molar-refractivity contribution is 6.44. The number of hydrogen-bond acceptors (Lipinski definition) is 2. The van der Waals surface area contributed by atoms with Crippen molar-refractivity contribution in [2.75, 3.05) is 18.4 Å². The Hall–Kier alpha value is -0.770. The molecule has 2 rings (SSSR count). The van der Waals surface area contributed by atoms with E-state index in [2.05, 4.69) is 10.6 Å². The number of piperidine rings is 1. The lowest BCUT2D eigenvalue weighted by atomic mass is 9.74.